The number of aliphatic hydroxyl groups is 8. The van der Waals surface area contributed by atoms with Crippen LogP contribution in [0, 0.1) is 0 Å². The molecule has 0 aromatic heterocycles. The number of rotatable bonds is 49. The summed E-state index contributed by atoms with van der Waals surface area (Å²) in [5.74, 6) is -0.240. The molecule has 0 aromatic carbocycles. The van der Waals surface area contributed by atoms with Gasteiger partial charge in [-0.1, -0.05) is 229 Å². The minimum atomic E-state index is -1.79. The van der Waals surface area contributed by atoms with Crippen molar-refractivity contribution < 1.29 is 64.6 Å². The van der Waals surface area contributed by atoms with Crippen LogP contribution in [0.4, 0.5) is 0 Å². The average molecular weight is 1080 g/mol. The first kappa shape index (κ1) is 70.1. The second-order valence-corrected chi connectivity index (χ2v) is 21.8. The second-order valence-electron chi connectivity index (χ2n) is 21.8. The number of carbonyl (C=O) groups is 1. The minimum absolute atomic E-state index is 0.240. The summed E-state index contributed by atoms with van der Waals surface area (Å²) >= 11 is 0. The van der Waals surface area contributed by atoms with Crippen molar-refractivity contribution in [3.8, 4) is 0 Å². The molecular weight excluding hydrogens is 967 g/mol. The van der Waals surface area contributed by atoms with Gasteiger partial charge in [0.2, 0.25) is 5.91 Å². The molecule has 1 amide bonds. The molecule has 12 atom stereocenters. The van der Waals surface area contributed by atoms with Gasteiger partial charge in [0.05, 0.1) is 32.0 Å². The Bertz CT molecular complexity index is 1460. The molecule has 0 aliphatic carbocycles. The van der Waals surface area contributed by atoms with Crippen LogP contribution >= 0.6 is 0 Å². The van der Waals surface area contributed by atoms with Crippen molar-refractivity contribution in [3.05, 3.63) is 48.6 Å². The molecule has 2 heterocycles. The molecule has 2 fully saturated rings. The van der Waals surface area contributed by atoms with E-state index in [2.05, 4.69) is 55.6 Å². The molecule has 444 valence electrons. The number of ether oxygens (including phenoxy) is 4. The number of unbranched alkanes of at least 4 members (excludes halogenated alkanes) is 30. The van der Waals surface area contributed by atoms with Crippen molar-refractivity contribution in [2.45, 2.75) is 319 Å². The fourth-order valence-corrected chi connectivity index (χ4v) is 10.0. The van der Waals surface area contributed by atoms with Crippen LogP contribution in [0.2, 0.25) is 0 Å². The Kier molecular flexibility index (Phi) is 44.0. The van der Waals surface area contributed by atoms with Gasteiger partial charge >= 0.3 is 0 Å². The fraction of sp³-hybridized carbons (Fsp3) is 0.855. The van der Waals surface area contributed by atoms with Crippen LogP contribution in [0.25, 0.3) is 0 Å². The van der Waals surface area contributed by atoms with Gasteiger partial charge in [0, 0.05) is 6.42 Å². The third-order valence-corrected chi connectivity index (χ3v) is 15.0. The topological polar surface area (TPSA) is 228 Å². The average Bonchev–Trinajstić information content (AvgIpc) is 3.42. The molecule has 14 heteroatoms. The Labute approximate surface area is 461 Å². The fourth-order valence-electron chi connectivity index (χ4n) is 10.0. The highest BCUT2D eigenvalue weighted by Gasteiger charge is 2.51. The van der Waals surface area contributed by atoms with Crippen molar-refractivity contribution in [2.75, 3.05) is 19.8 Å². The maximum Gasteiger partial charge on any atom is 0.220 e. The molecule has 0 spiro atoms. The summed E-state index contributed by atoms with van der Waals surface area (Å²) in [6.45, 7) is 2.78. The Hall–Kier alpha value is -2.05. The predicted molar refractivity (Wildman–Crippen MR) is 304 cm³/mol. The highest BCUT2D eigenvalue weighted by atomic mass is 16.7. The molecule has 2 aliphatic heterocycles. The molecular formula is C62H113NO13. The lowest BCUT2D eigenvalue weighted by Crippen LogP contribution is -2.65. The third kappa shape index (κ3) is 32.9. The second kappa shape index (κ2) is 47.7. The first-order valence-electron chi connectivity index (χ1n) is 30.9. The summed E-state index contributed by atoms with van der Waals surface area (Å²) in [5.41, 5.74) is 0. The molecule has 0 aromatic rings. The monoisotopic (exact) mass is 1080 g/mol. The quantitative estimate of drug-likeness (QED) is 0.0204. The molecule has 0 radical (unpaired) electrons. The standard InChI is InChI=1S/C62H113NO13/c1-3-5-7-9-11-13-15-17-18-19-20-21-22-23-24-25-26-27-28-29-30-31-32-34-36-38-40-42-44-46-54(67)63-50(51(66)45-43-41-39-37-35-33-16-14-12-10-8-6-4-2)49-73-61-59(72)57(70)60(53(48-65)75-61)76-62-58(71)56(69)55(68)52(47-64)74-62/h15,17,19-20,22-23,43,45,50-53,55-62,64-66,68-72H,3-14,16,18,21,24-42,44,46-49H2,1-2H3,(H,63,67)/b17-15-,20-19-,23-22-,45-43+. The zero-order valence-corrected chi connectivity index (χ0v) is 47.7. The number of aliphatic hydroxyl groups excluding tert-OH is 8. The summed E-state index contributed by atoms with van der Waals surface area (Å²) in [4.78, 5) is 13.3. The smallest absolute Gasteiger partial charge is 0.220 e. The van der Waals surface area contributed by atoms with Crippen LogP contribution in [0.1, 0.15) is 245 Å². The summed E-state index contributed by atoms with van der Waals surface area (Å²) in [6.07, 6.45) is 43.0. The van der Waals surface area contributed by atoms with Crippen LogP contribution < -0.4 is 5.32 Å². The van der Waals surface area contributed by atoms with E-state index in [0.717, 1.165) is 51.4 Å². The Morgan fingerprint density at radius 1 is 0.474 bits per heavy atom. The van der Waals surface area contributed by atoms with Crippen molar-refractivity contribution in [1.29, 1.82) is 0 Å². The molecule has 0 saturated carbocycles. The lowest BCUT2D eigenvalue weighted by molar-refractivity contribution is -0.359. The highest BCUT2D eigenvalue weighted by molar-refractivity contribution is 5.76. The van der Waals surface area contributed by atoms with Gasteiger partial charge in [-0.05, 0) is 57.8 Å². The van der Waals surface area contributed by atoms with E-state index in [1.54, 1.807) is 6.08 Å². The normalized spacial score (nSPS) is 25.2. The predicted octanol–water partition coefficient (Wildman–Crippen LogP) is 10.8. The van der Waals surface area contributed by atoms with Crippen molar-refractivity contribution in [3.63, 3.8) is 0 Å². The molecule has 0 bridgehead atoms. The van der Waals surface area contributed by atoms with E-state index in [4.69, 9.17) is 18.9 Å². The highest BCUT2D eigenvalue weighted by Crippen LogP contribution is 2.30. The number of allylic oxidation sites excluding steroid dienone is 7. The molecule has 76 heavy (non-hydrogen) atoms. The Morgan fingerprint density at radius 2 is 0.868 bits per heavy atom. The van der Waals surface area contributed by atoms with Gasteiger partial charge in [0.15, 0.2) is 12.6 Å². The van der Waals surface area contributed by atoms with Gasteiger partial charge in [-0.3, -0.25) is 4.79 Å². The Balaban J connectivity index is 1.68. The van der Waals surface area contributed by atoms with Crippen LogP contribution in [0.15, 0.2) is 48.6 Å². The van der Waals surface area contributed by atoms with Crippen molar-refractivity contribution in [1.82, 2.24) is 5.32 Å². The summed E-state index contributed by atoms with van der Waals surface area (Å²) in [5, 5.41) is 87.0. The zero-order valence-electron chi connectivity index (χ0n) is 47.7. The van der Waals surface area contributed by atoms with Gasteiger partial charge in [-0.25, -0.2) is 0 Å². The summed E-state index contributed by atoms with van der Waals surface area (Å²) < 4.78 is 22.8. The van der Waals surface area contributed by atoms with Gasteiger partial charge < -0.3 is 65.1 Å². The van der Waals surface area contributed by atoms with Crippen LogP contribution in [-0.2, 0) is 23.7 Å². The maximum absolute atomic E-state index is 13.3. The van der Waals surface area contributed by atoms with E-state index in [-0.39, 0.29) is 18.9 Å². The minimum Gasteiger partial charge on any atom is -0.394 e. The lowest BCUT2D eigenvalue weighted by Gasteiger charge is -2.46. The number of hydrogen-bond donors (Lipinski definition) is 9. The lowest BCUT2D eigenvalue weighted by atomic mass is 9.97. The number of carbonyl (C=O) groups excluding carboxylic acids is 1. The van der Waals surface area contributed by atoms with Crippen LogP contribution in [0.3, 0.4) is 0 Å². The largest absolute Gasteiger partial charge is 0.394 e. The molecule has 2 saturated heterocycles. The Morgan fingerprint density at radius 3 is 1.33 bits per heavy atom. The first-order valence-corrected chi connectivity index (χ1v) is 30.9. The molecule has 2 rings (SSSR count). The molecule has 2 aliphatic rings. The van der Waals surface area contributed by atoms with Crippen molar-refractivity contribution >= 4 is 5.91 Å². The maximum atomic E-state index is 13.3. The van der Waals surface area contributed by atoms with Gasteiger partial charge in [-0.2, -0.15) is 0 Å². The summed E-state index contributed by atoms with van der Waals surface area (Å²) in [6, 6.07) is -0.915. The van der Waals surface area contributed by atoms with E-state index in [1.165, 1.54) is 167 Å². The van der Waals surface area contributed by atoms with E-state index in [1.807, 2.05) is 6.08 Å². The molecule has 12 unspecified atom stereocenters. The first-order chi connectivity index (χ1) is 37.1. The third-order valence-electron chi connectivity index (χ3n) is 15.0. The van der Waals surface area contributed by atoms with Gasteiger partial charge in [0.1, 0.15) is 48.8 Å². The van der Waals surface area contributed by atoms with Gasteiger partial charge in [-0.15, -0.1) is 0 Å². The van der Waals surface area contributed by atoms with Crippen LogP contribution in [0.5, 0.6) is 0 Å². The van der Waals surface area contributed by atoms with E-state index in [9.17, 15) is 45.6 Å². The number of nitrogens with one attached hydrogen (secondary N) is 1. The van der Waals surface area contributed by atoms with E-state index in [0.29, 0.717) is 6.42 Å². The number of amides is 1. The van der Waals surface area contributed by atoms with E-state index >= 15 is 0 Å². The van der Waals surface area contributed by atoms with Gasteiger partial charge in [0.25, 0.3) is 0 Å². The summed E-state index contributed by atoms with van der Waals surface area (Å²) in [7, 11) is 0. The molecule has 14 nitrogen and oxygen atoms in total. The van der Waals surface area contributed by atoms with Crippen LogP contribution in [-0.4, -0.2) is 140 Å². The van der Waals surface area contributed by atoms with E-state index < -0.39 is 86.8 Å². The zero-order chi connectivity index (χ0) is 55.3. The number of hydrogen-bond acceptors (Lipinski definition) is 13. The SMILES string of the molecule is CCCCCCC/C=C\C/C=C\C/C=C\CCCCCCCCCCCCCCCCC(=O)NC(COC1OC(CO)C(OC2OC(CO)C(O)C(O)C2O)C(O)C1O)C(O)/C=C/CCCCCCCCCCCCC. The van der Waals surface area contributed by atoms with Crippen molar-refractivity contribution in [2.24, 2.45) is 0 Å². The molecule has 9 N–H and O–H groups in total.